The maximum Gasteiger partial charge on any atom is 0.123 e. The lowest BCUT2D eigenvalue weighted by Gasteiger charge is -2.19. The highest BCUT2D eigenvalue weighted by Gasteiger charge is 2.14. The van der Waals surface area contributed by atoms with Crippen LogP contribution in [-0.4, -0.2) is 11.9 Å². The van der Waals surface area contributed by atoms with Crippen molar-refractivity contribution in [2.24, 2.45) is 5.92 Å². The molecule has 0 fully saturated rings. The second-order valence-electron chi connectivity index (χ2n) is 4.35. The van der Waals surface area contributed by atoms with Crippen LogP contribution in [0.5, 0.6) is 0 Å². The molecule has 3 heteroatoms. The molecule has 0 radical (unpaired) electrons. The highest BCUT2D eigenvalue weighted by Crippen LogP contribution is 2.17. The topological polar surface area (TPSA) is 12.0 Å². The SMILES string of the molecule is CCC(CC)C(Cl)CNCc1cccc(F)c1. The zero-order valence-corrected chi connectivity index (χ0v) is 11.3. The number of alkyl halides is 1. The fraction of sp³-hybridized carbons (Fsp3) is 0.571. The Kier molecular flexibility index (Phi) is 6.53. The molecule has 1 N–H and O–H groups in total. The predicted octanol–water partition coefficient (Wildman–Crippen LogP) is 3.96. The molecule has 1 aromatic carbocycles. The molecule has 0 aromatic heterocycles. The molecule has 0 aliphatic rings. The first-order valence-electron chi connectivity index (χ1n) is 6.26. The summed E-state index contributed by atoms with van der Waals surface area (Å²) in [4.78, 5) is 0. The summed E-state index contributed by atoms with van der Waals surface area (Å²) in [7, 11) is 0. The lowest BCUT2D eigenvalue weighted by Crippen LogP contribution is -2.28. The monoisotopic (exact) mass is 257 g/mol. The van der Waals surface area contributed by atoms with Crippen molar-refractivity contribution in [1.29, 1.82) is 0 Å². The van der Waals surface area contributed by atoms with Gasteiger partial charge in [0.05, 0.1) is 0 Å². The summed E-state index contributed by atoms with van der Waals surface area (Å²) in [5.74, 6) is 0.364. The fourth-order valence-corrected chi connectivity index (χ4v) is 2.43. The molecule has 1 aromatic rings. The van der Waals surface area contributed by atoms with Crippen molar-refractivity contribution in [2.75, 3.05) is 6.54 Å². The molecule has 0 aliphatic carbocycles. The molecular formula is C14H21ClFN. The zero-order chi connectivity index (χ0) is 12.7. The van der Waals surface area contributed by atoms with Crippen LogP contribution in [0.4, 0.5) is 4.39 Å². The van der Waals surface area contributed by atoms with Gasteiger partial charge in [-0.3, -0.25) is 0 Å². The molecule has 1 nitrogen and oxygen atoms in total. The summed E-state index contributed by atoms with van der Waals surface area (Å²) < 4.78 is 12.9. The zero-order valence-electron chi connectivity index (χ0n) is 10.5. The van der Waals surface area contributed by atoms with Crippen molar-refractivity contribution in [3.05, 3.63) is 35.6 Å². The van der Waals surface area contributed by atoms with Crippen molar-refractivity contribution in [3.8, 4) is 0 Å². The number of nitrogens with one attached hydrogen (secondary N) is 1. The van der Waals surface area contributed by atoms with Crippen LogP contribution in [0.2, 0.25) is 0 Å². The van der Waals surface area contributed by atoms with Crippen molar-refractivity contribution in [3.63, 3.8) is 0 Å². The normalized spacial score (nSPS) is 13.0. The molecule has 17 heavy (non-hydrogen) atoms. The van der Waals surface area contributed by atoms with E-state index in [2.05, 4.69) is 19.2 Å². The van der Waals surface area contributed by atoms with Crippen molar-refractivity contribution >= 4 is 11.6 Å². The third kappa shape index (κ3) is 5.05. The van der Waals surface area contributed by atoms with Crippen LogP contribution in [0, 0.1) is 11.7 Å². The Balaban J connectivity index is 2.32. The van der Waals surface area contributed by atoms with Gasteiger partial charge in [-0.05, 0) is 23.6 Å². The first-order valence-corrected chi connectivity index (χ1v) is 6.70. The Labute approximate surface area is 108 Å². The Bertz CT molecular complexity index is 326. The van der Waals surface area contributed by atoms with Gasteiger partial charge in [-0.15, -0.1) is 11.6 Å². The van der Waals surface area contributed by atoms with Gasteiger partial charge in [-0.2, -0.15) is 0 Å². The molecule has 0 bridgehead atoms. The second-order valence-corrected chi connectivity index (χ2v) is 4.91. The third-order valence-corrected chi connectivity index (χ3v) is 3.63. The summed E-state index contributed by atoms with van der Waals surface area (Å²) in [5.41, 5.74) is 0.957. The van der Waals surface area contributed by atoms with Gasteiger partial charge in [-0.25, -0.2) is 4.39 Å². The highest BCUT2D eigenvalue weighted by atomic mass is 35.5. The summed E-state index contributed by atoms with van der Waals surface area (Å²) in [6.45, 7) is 5.76. The van der Waals surface area contributed by atoms with Crippen LogP contribution < -0.4 is 5.32 Å². The van der Waals surface area contributed by atoms with Crippen molar-refractivity contribution in [1.82, 2.24) is 5.32 Å². The molecule has 96 valence electrons. The molecule has 0 spiro atoms. The van der Waals surface area contributed by atoms with E-state index in [-0.39, 0.29) is 11.2 Å². The Morgan fingerprint density at radius 3 is 2.59 bits per heavy atom. The molecular weight excluding hydrogens is 237 g/mol. The molecule has 1 atom stereocenters. The first-order chi connectivity index (χ1) is 8.17. The van der Waals surface area contributed by atoms with Crippen LogP contribution >= 0.6 is 11.6 Å². The molecule has 0 aliphatic heterocycles. The van der Waals surface area contributed by atoms with Crippen LogP contribution in [-0.2, 0) is 6.54 Å². The van der Waals surface area contributed by atoms with Crippen LogP contribution in [0.25, 0.3) is 0 Å². The molecule has 1 unspecified atom stereocenters. The Morgan fingerprint density at radius 1 is 1.29 bits per heavy atom. The number of rotatable bonds is 7. The lowest BCUT2D eigenvalue weighted by molar-refractivity contribution is 0.446. The highest BCUT2D eigenvalue weighted by molar-refractivity contribution is 6.21. The van der Waals surface area contributed by atoms with E-state index >= 15 is 0 Å². The standard InChI is InChI=1S/C14H21ClFN/c1-3-12(4-2)14(15)10-17-9-11-6-5-7-13(16)8-11/h5-8,12,14,17H,3-4,9-10H2,1-2H3. The average molecular weight is 258 g/mol. The molecule has 0 saturated carbocycles. The predicted molar refractivity (Wildman–Crippen MR) is 71.8 cm³/mol. The van der Waals surface area contributed by atoms with E-state index in [1.54, 1.807) is 12.1 Å². The molecule has 0 amide bonds. The van der Waals surface area contributed by atoms with E-state index in [1.807, 2.05) is 6.07 Å². The largest absolute Gasteiger partial charge is 0.311 e. The van der Waals surface area contributed by atoms with Gasteiger partial charge in [0.2, 0.25) is 0 Å². The Hall–Kier alpha value is -0.600. The van der Waals surface area contributed by atoms with E-state index in [1.165, 1.54) is 6.07 Å². The number of hydrogen-bond acceptors (Lipinski definition) is 1. The Morgan fingerprint density at radius 2 is 2.00 bits per heavy atom. The summed E-state index contributed by atoms with van der Waals surface area (Å²) in [6.07, 6.45) is 2.21. The smallest absolute Gasteiger partial charge is 0.123 e. The van der Waals surface area contributed by atoms with Gasteiger partial charge in [0.15, 0.2) is 0 Å². The number of hydrogen-bond donors (Lipinski definition) is 1. The minimum absolute atomic E-state index is 0.151. The van der Waals surface area contributed by atoms with Crippen LogP contribution in [0.3, 0.4) is 0 Å². The van der Waals surface area contributed by atoms with Crippen LogP contribution in [0.15, 0.2) is 24.3 Å². The maximum absolute atomic E-state index is 12.9. The lowest BCUT2D eigenvalue weighted by atomic mass is 9.99. The van der Waals surface area contributed by atoms with Crippen LogP contribution in [0.1, 0.15) is 32.3 Å². The number of benzene rings is 1. The van der Waals surface area contributed by atoms with E-state index < -0.39 is 0 Å². The summed E-state index contributed by atoms with van der Waals surface area (Å²) in [5, 5.41) is 3.43. The van der Waals surface area contributed by atoms with E-state index in [0.717, 1.165) is 24.9 Å². The fourth-order valence-electron chi connectivity index (χ4n) is 1.97. The second kappa shape index (κ2) is 7.67. The van der Waals surface area contributed by atoms with Crippen molar-refractivity contribution < 1.29 is 4.39 Å². The van der Waals surface area contributed by atoms with Crippen molar-refractivity contribution in [2.45, 2.75) is 38.6 Å². The maximum atomic E-state index is 12.9. The summed E-state index contributed by atoms with van der Waals surface area (Å²) in [6, 6.07) is 6.65. The summed E-state index contributed by atoms with van der Waals surface area (Å²) >= 11 is 6.31. The van der Waals surface area contributed by atoms with Gasteiger partial charge in [0, 0.05) is 18.5 Å². The minimum Gasteiger partial charge on any atom is -0.311 e. The van der Waals surface area contributed by atoms with Gasteiger partial charge < -0.3 is 5.32 Å². The molecule has 1 rings (SSSR count). The van der Waals surface area contributed by atoms with Gasteiger partial charge in [0.1, 0.15) is 5.82 Å². The van der Waals surface area contributed by atoms with E-state index in [9.17, 15) is 4.39 Å². The van der Waals surface area contributed by atoms with Gasteiger partial charge in [-0.1, -0.05) is 38.8 Å². The molecule has 0 saturated heterocycles. The molecule has 0 heterocycles. The number of halogens is 2. The minimum atomic E-state index is -0.188. The average Bonchev–Trinajstić information content (AvgIpc) is 2.30. The quantitative estimate of drug-likeness (QED) is 0.729. The van der Waals surface area contributed by atoms with Gasteiger partial charge >= 0.3 is 0 Å². The van der Waals surface area contributed by atoms with E-state index in [4.69, 9.17) is 11.6 Å². The third-order valence-electron chi connectivity index (χ3n) is 3.12. The van der Waals surface area contributed by atoms with Gasteiger partial charge in [0.25, 0.3) is 0 Å². The first kappa shape index (κ1) is 14.5. The van der Waals surface area contributed by atoms with E-state index in [0.29, 0.717) is 12.5 Å².